The second-order valence-electron chi connectivity index (χ2n) is 6.30. The maximum atomic E-state index is 12.4. The molecule has 2 N–H and O–H groups in total. The number of methoxy groups -OCH3 is 1. The normalized spacial score (nSPS) is 10.4. The van der Waals surface area contributed by atoms with E-state index < -0.39 is 17.8 Å². The number of nitrogens with zero attached hydrogens (tertiary/aromatic N) is 1. The van der Waals surface area contributed by atoms with E-state index in [1.807, 2.05) is 0 Å². The van der Waals surface area contributed by atoms with Crippen LogP contribution in [-0.4, -0.2) is 31.1 Å². The Morgan fingerprint density at radius 2 is 1.62 bits per heavy atom. The standard InChI is InChI=1S/C23H18ClN3O5/c1-31-20-13-15(11-12-19(20)32-23(30)17-9-5-6-10-18(17)24)14-25-27-22(29)21(28)26-16-7-3-2-4-8-16/h2-14H,1H3,(H,26,28)(H,27,29)/b25-14-. The summed E-state index contributed by atoms with van der Waals surface area (Å²) in [6.07, 6.45) is 1.32. The highest BCUT2D eigenvalue weighted by molar-refractivity contribution is 6.39. The lowest BCUT2D eigenvalue weighted by Gasteiger charge is -2.10. The Kier molecular flexibility index (Phi) is 7.55. The van der Waals surface area contributed by atoms with Crippen molar-refractivity contribution in [3.63, 3.8) is 0 Å². The molecule has 0 heterocycles. The van der Waals surface area contributed by atoms with Crippen molar-refractivity contribution in [1.82, 2.24) is 5.43 Å². The lowest BCUT2D eigenvalue weighted by Crippen LogP contribution is -2.32. The van der Waals surface area contributed by atoms with E-state index in [4.69, 9.17) is 21.1 Å². The van der Waals surface area contributed by atoms with Crippen molar-refractivity contribution in [2.24, 2.45) is 5.10 Å². The molecule has 0 saturated carbocycles. The maximum absolute atomic E-state index is 12.4. The van der Waals surface area contributed by atoms with Gasteiger partial charge in [-0.05, 0) is 48.0 Å². The number of anilines is 1. The van der Waals surface area contributed by atoms with Gasteiger partial charge in [-0.3, -0.25) is 9.59 Å². The van der Waals surface area contributed by atoms with Gasteiger partial charge >= 0.3 is 17.8 Å². The summed E-state index contributed by atoms with van der Waals surface area (Å²) in [5.74, 6) is -1.97. The highest BCUT2D eigenvalue weighted by Gasteiger charge is 2.16. The summed E-state index contributed by atoms with van der Waals surface area (Å²) in [5.41, 5.74) is 3.38. The number of hydrazone groups is 1. The molecule has 162 valence electrons. The van der Waals surface area contributed by atoms with Gasteiger partial charge in [0.15, 0.2) is 11.5 Å². The lowest BCUT2D eigenvalue weighted by atomic mass is 10.2. The number of esters is 1. The molecule has 0 bridgehead atoms. The summed E-state index contributed by atoms with van der Waals surface area (Å²) < 4.78 is 10.6. The zero-order valence-corrected chi connectivity index (χ0v) is 17.6. The van der Waals surface area contributed by atoms with E-state index >= 15 is 0 Å². The predicted molar refractivity (Wildman–Crippen MR) is 120 cm³/mol. The van der Waals surface area contributed by atoms with Crippen LogP contribution in [0.15, 0.2) is 77.9 Å². The van der Waals surface area contributed by atoms with Crippen LogP contribution in [0.1, 0.15) is 15.9 Å². The molecule has 0 aliphatic rings. The van der Waals surface area contributed by atoms with Crippen LogP contribution in [0.5, 0.6) is 11.5 Å². The topological polar surface area (TPSA) is 106 Å². The summed E-state index contributed by atoms with van der Waals surface area (Å²) in [5, 5.41) is 6.48. The van der Waals surface area contributed by atoms with Crippen LogP contribution in [0, 0.1) is 0 Å². The van der Waals surface area contributed by atoms with Crippen molar-refractivity contribution in [1.29, 1.82) is 0 Å². The summed E-state index contributed by atoms with van der Waals surface area (Å²) in [4.78, 5) is 36.1. The second kappa shape index (κ2) is 10.7. The van der Waals surface area contributed by atoms with E-state index in [1.165, 1.54) is 19.4 Å². The molecule has 0 aliphatic heterocycles. The Balaban J connectivity index is 1.62. The zero-order chi connectivity index (χ0) is 22.9. The summed E-state index contributed by atoms with van der Waals surface area (Å²) in [7, 11) is 1.42. The van der Waals surface area contributed by atoms with Crippen molar-refractivity contribution in [2.75, 3.05) is 12.4 Å². The van der Waals surface area contributed by atoms with Gasteiger partial charge in [0.05, 0.1) is 23.9 Å². The minimum absolute atomic E-state index is 0.181. The van der Waals surface area contributed by atoms with Crippen molar-refractivity contribution in [3.05, 3.63) is 88.9 Å². The number of halogens is 1. The Morgan fingerprint density at radius 3 is 2.34 bits per heavy atom. The van der Waals surface area contributed by atoms with E-state index in [2.05, 4.69) is 15.8 Å². The minimum Gasteiger partial charge on any atom is -0.493 e. The first-order chi connectivity index (χ1) is 15.5. The third-order valence-corrected chi connectivity index (χ3v) is 4.43. The average molecular weight is 452 g/mol. The number of ether oxygens (including phenoxy) is 2. The maximum Gasteiger partial charge on any atom is 0.345 e. The molecule has 9 heteroatoms. The highest BCUT2D eigenvalue weighted by Crippen LogP contribution is 2.29. The number of nitrogens with one attached hydrogen (secondary N) is 2. The molecular formula is C23H18ClN3O5. The third kappa shape index (κ3) is 5.93. The van der Waals surface area contributed by atoms with Crippen LogP contribution in [0.4, 0.5) is 5.69 Å². The molecule has 32 heavy (non-hydrogen) atoms. The van der Waals surface area contributed by atoms with Crippen molar-refractivity contribution >= 4 is 41.3 Å². The van der Waals surface area contributed by atoms with Gasteiger partial charge in [-0.25, -0.2) is 10.2 Å². The molecule has 0 saturated heterocycles. The predicted octanol–water partition coefficient (Wildman–Crippen LogP) is 3.66. The molecule has 2 amide bonds. The van der Waals surface area contributed by atoms with Gasteiger partial charge < -0.3 is 14.8 Å². The minimum atomic E-state index is -0.928. The molecule has 3 rings (SSSR count). The Morgan fingerprint density at radius 1 is 0.906 bits per heavy atom. The van der Waals surface area contributed by atoms with Crippen LogP contribution in [-0.2, 0) is 9.59 Å². The van der Waals surface area contributed by atoms with E-state index in [0.717, 1.165) is 0 Å². The van der Waals surface area contributed by atoms with Gasteiger partial charge in [0.25, 0.3) is 0 Å². The molecule has 0 fully saturated rings. The van der Waals surface area contributed by atoms with Crippen molar-refractivity contribution in [3.8, 4) is 11.5 Å². The van der Waals surface area contributed by atoms with Crippen LogP contribution in [0.3, 0.4) is 0 Å². The van der Waals surface area contributed by atoms with Crippen molar-refractivity contribution in [2.45, 2.75) is 0 Å². The monoisotopic (exact) mass is 451 g/mol. The first kappa shape index (κ1) is 22.5. The summed E-state index contributed by atoms with van der Waals surface area (Å²) in [6, 6.07) is 19.7. The third-order valence-electron chi connectivity index (χ3n) is 4.10. The average Bonchev–Trinajstić information content (AvgIpc) is 2.80. The summed E-state index contributed by atoms with van der Waals surface area (Å²) >= 11 is 6.02. The molecule has 3 aromatic rings. The molecule has 0 radical (unpaired) electrons. The van der Waals surface area contributed by atoms with Crippen LogP contribution < -0.4 is 20.2 Å². The van der Waals surface area contributed by atoms with Crippen molar-refractivity contribution < 1.29 is 23.9 Å². The van der Waals surface area contributed by atoms with Gasteiger partial charge in [0, 0.05) is 5.69 Å². The molecular weight excluding hydrogens is 434 g/mol. The fourth-order valence-electron chi connectivity index (χ4n) is 2.56. The van der Waals surface area contributed by atoms with Crippen LogP contribution in [0.2, 0.25) is 5.02 Å². The SMILES string of the molecule is COc1cc(/C=N\NC(=O)C(=O)Nc2ccccc2)ccc1OC(=O)c1ccccc1Cl. The molecule has 0 atom stereocenters. The first-order valence-corrected chi connectivity index (χ1v) is 9.70. The molecule has 0 aromatic heterocycles. The molecule has 0 aliphatic carbocycles. The van der Waals surface area contributed by atoms with Gasteiger partial charge in [-0.1, -0.05) is 41.9 Å². The Hall–Kier alpha value is -4.17. The van der Waals surface area contributed by atoms with Crippen LogP contribution in [0.25, 0.3) is 0 Å². The fraction of sp³-hybridized carbons (Fsp3) is 0.0435. The lowest BCUT2D eigenvalue weighted by molar-refractivity contribution is -0.136. The number of carbonyl (C=O) groups is 3. The second-order valence-corrected chi connectivity index (χ2v) is 6.71. The largest absolute Gasteiger partial charge is 0.493 e. The molecule has 3 aromatic carbocycles. The molecule has 0 spiro atoms. The fourth-order valence-corrected chi connectivity index (χ4v) is 2.77. The van der Waals surface area contributed by atoms with Crippen LogP contribution >= 0.6 is 11.6 Å². The molecule has 0 unspecified atom stereocenters. The molecule has 8 nitrogen and oxygen atoms in total. The first-order valence-electron chi connectivity index (χ1n) is 9.32. The number of hydrogen-bond acceptors (Lipinski definition) is 6. The quantitative estimate of drug-likeness (QED) is 0.195. The van der Waals surface area contributed by atoms with E-state index in [-0.39, 0.29) is 22.1 Å². The summed E-state index contributed by atoms with van der Waals surface area (Å²) in [6.45, 7) is 0. The number of rotatable bonds is 6. The number of para-hydroxylation sites is 1. The van der Waals surface area contributed by atoms with E-state index in [9.17, 15) is 14.4 Å². The van der Waals surface area contributed by atoms with E-state index in [0.29, 0.717) is 11.3 Å². The number of benzene rings is 3. The highest BCUT2D eigenvalue weighted by atomic mass is 35.5. The number of hydrogen-bond donors (Lipinski definition) is 2. The van der Waals surface area contributed by atoms with Gasteiger partial charge in [0.1, 0.15) is 0 Å². The van der Waals surface area contributed by atoms with Gasteiger partial charge in [0.2, 0.25) is 0 Å². The van der Waals surface area contributed by atoms with Gasteiger partial charge in [-0.2, -0.15) is 5.10 Å². The van der Waals surface area contributed by atoms with Gasteiger partial charge in [-0.15, -0.1) is 0 Å². The zero-order valence-electron chi connectivity index (χ0n) is 16.9. The van der Waals surface area contributed by atoms with E-state index in [1.54, 1.807) is 66.7 Å². The Bertz CT molecular complexity index is 1170. The Labute approximate surface area is 188 Å². The number of carbonyl (C=O) groups excluding carboxylic acids is 3. The smallest absolute Gasteiger partial charge is 0.345 e. The number of amides is 2.